The minimum Gasteiger partial charge on any atom is -0.496 e. The number of ether oxygens (including phenoxy) is 1. The summed E-state index contributed by atoms with van der Waals surface area (Å²) in [5, 5.41) is 0. The molecule has 1 aromatic carbocycles. The van der Waals surface area contributed by atoms with Gasteiger partial charge in [-0.3, -0.25) is 0 Å². The number of halogens is 1. The van der Waals surface area contributed by atoms with Crippen LogP contribution in [0.1, 0.15) is 38.3 Å². The molecule has 0 amide bonds. The summed E-state index contributed by atoms with van der Waals surface area (Å²) in [6.07, 6.45) is 2.13. The van der Waals surface area contributed by atoms with Crippen LogP contribution in [0.5, 0.6) is 5.75 Å². The van der Waals surface area contributed by atoms with Crippen LogP contribution in [0.25, 0.3) is 0 Å². The molecule has 90 valence electrons. The predicted octanol–water partition coefficient (Wildman–Crippen LogP) is 3.89. The van der Waals surface area contributed by atoms with E-state index in [1.165, 1.54) is 0 Å². The number of hydrogen-bond acceptors (Lipinski definition) is 2. The maximum atomic E-state index is 6.17. The summed E-state index contributed by atoms with van der Waals surface area (Å²) < 4.78 is 6.36. The van der Waals surface area contributed by atoms with E-state index in [-0.39, 0.29) is 6.04 Å². The fourth-order valence-corrected chi connectivity index (χ4v) is 2.00. The van der Waals surface area contributed by atoms with Gasteiger partial charge in [-0.2, -0.15) is 0 Å². The van der Waals surface area contributed by atoms with Gasteiger partial charge in [0.15, 0.2) is 0 Å². The predicted molar refractivity (Wildman–Crippen MR) is 71.7 cm³/mol. The molecule has 0 fully saturated rings. The van der Waals surface area contributed by atoms with E-state index in [0.717, 1.165) is 28.6 Å². The Labute approximate surface area is 106 Å². The van der Waals surface area contributed by atoms with Crippen LogP contribution >= 0.6 is 15.9 Å². The molecule has 2 nitrogen and oxygen atoms in total. The Hall–Kier alpha value is -0.540. The molecule has 0 saturated heterocycles. The third-order valence-corrected chi connectivity index (χ3v) is 3.14. The Kier molecular flexibility index (Phi) is 5.29. The van der Waals surface area contributed by atoms with Crippen molar-refractivity contribution in [1.29, 1.82) is 0 Å². The largest absolute Gasteiger partial charge is 0.496 e. The average Bonchev–Trinajstić information content (AvgIpc) is 2.25. The Morgan fingerprint density at radius 3 is 2.56 bits per heavy atom. The van der Waals surface area contributed by atoms with Gasteiger partial charge >= 0.3 is 0 Å². The molecule has 0 radical (unpaired) electrons. The molecule has 1 atom stereocenters. The van der Waals surface area contributed by atoms with Crippen molar-refractivity contribution in [3.8, 4) is 5.75 Å². The van der Waals surface area contributed by atoms with Gasteiger partial charge in [0.1, 0.15) is 5.75 Å². The molecule has 2 N–H and O–H groups in total. The van der Waals surface area contributed by atoms with E-state index >= 15 is 0 Å². The van der Waals surface area contributed by atoms with Crippen molar-refractivity contribution in [2.24, 2.45) is 11.7 Å². The SMILES string of the molecule is COc1cc(Br)ccc1[C@@H](N)CCC(C)C. The van der Waals surface area contributed by atoms with Crippen molar-refractivity contribution in [1.82, 2.24) is 0 Å². The van der Waals surface area contributed by atoms with Crippen molar-refractivity contribution in [3.05, 3.63) is 28.2 Å². The molecule has 0 aromatic heterocycles. The van der Waals surface area contributed by atoms with E-state index in [1.54, 1.807) is 7.11 Å². The van der Waals surface area contributed by atoms with Crippen LogP contribution in [-0.4, -0.2) is 7.11 Å². The standard InChI is InChI=1S/C13H20BrNO/c1-9(2)4-7-12(15)11-6-5-10(14)8-13(11)16-3/h5-6,8-9,12H,4,7,15H2,1-3H3/t12-/m0/s1. The van der Waals surface area contributed by atoms with E-state index in [9.17, 15) is 0 Å². The van der Waals surface area contributed by atoms with Gasteiger partial charge in [0, 0.05) is 16.1 Å². The number of rotatable bonds is 5. The molecule has 16 heavy (non-hydrogen) atoms. The van der Waals surface area contributed by atoms with Crippen molar-refractivity contribution in [2.75, 3.05) is 7.11 Å². The molecule has 0 spiro atoms. The van der Waals surface area contributed by atoms with Crippen LogP contribution in [0.3, 0.4) is 0 Å². The highest BCUT2D eigenvalue weighted by Crippen LogP contribution is 2.30. The zero-order valence-corrected chi connectivity index (χ0v) is 11.8. The number of hydrogen-bond donors (Lipinski definition) is 1. The molecule has 3 heteroatoms. The first kappa shape index (κ1) is 13.5. The first-order valence-electron chi connectivity index (χ1n) is 5.63. The quantitative estimate of drug-likeness (QED) is 0.891. The van der Waals surface area contributed by atoms with Crippen LogP contribution in [0, 0.1) is 5.92 Å². The lowest BCUT2D eigenvalue weighted by molar-refractivity contribution is 0.400. The Bertz CT molecular complexity index is 339. The van der Waals surface area contributed by atoms with Crippen LogP contribution in [0.15, 0.2) is 22.7 Å². The normalized spacial score (nSPS) is 12.9. The van der Waals surface area contributed by atoms with Gasteiger partial charge in [-0.25, -0.2) is 0 Å². The second-order valence-electron chi connectivity index (χ2n) is 4.46. The second-order valence-corrected chi connectivity index (χ2v) is 5.38. The van der Waals surface area contributed by atoms with Crippen molar-refractivity contribution in [2.45, 2.75) is 32.7 Å². The number of nitrogens with two attached hydrogens (primary N) is 1. The highest BCUT2D eigenvalue weighted by atomic mass is 79.9. The van der Waals surface area contributed by atoms with Crippen molar-refractivity contribution >= 4 is 15.9 Å². The zero-order chi connectivity index (χ0) is 12.1. The molecule has 0 heterocycles. The molecule has 0 unspecified atom stereocenters. The van der Waals surface area contributed by atoms with Crippen LogP contribution < -0.4 is 10.5 Å². The summed E-state index contributed by atoms with van der Waals surface area (Å²) in [5.74, 6) is 1.55. The molecule has 0 saturated carbocycles. The van der Waals surface area contributed by atoms with Crippen LogP contribution in [0.2, 0.25) is 0 Å². The topological polar surface area (TPSA) is 35.2 Å². The van der Waals surface area contributed by atoms with Crippen LogP contribution in [-0.2, 0) is 0 Å². The van der Waals surface area contributed by atoms with E-state index in [4.69, 9.17) is 10.5 Å². The monoisotopic (exact) mass is 285 g/mol. The summed E-state index contributed by atoms with van der Waals surface area (Å²) in [6.45, 7) is 4.43. The van der Waals surface area contributed by atoms with Gasteiger partial charge < -0.3 is 10.5 Å². The van der Waals surface area contributed by atoms with Crippen molar-refractivity contribution < 1.29 is 4.74 Å². The second kappa shape index (κ2) is 6.26. The van der Waals surface area contributed by atoms with Crippen LogP contribution in [0.4, 0.5) is 0 Å². The maximum Gasteiger partial charge on any atom is 0.124 e. The highest BCUT2D eigenvalue weighted by Gasteiger charge is 2.12. The molecule has 1 rings (SSSR count). The fourth-order valence-electron chi connectivity index (χ4n) is 1.66. The summed E-state index contributed by atoms with van der Waals surface area (Å²) in [7, 11) is 1.68. The van der Waals surface area contributed by atoms with Gasteiger partial charge in [0.2, 0.25) is 0 Å². The molecular weight excluding hydrogens is 266 g/mol. The lowest BCUT2D eigenvalue weighted by Gasteiger charge is -2.16. The smallest absolute Gasteiger partial charge is 0.124 e. The fraction of sp³-hybridized carbons (Fsp3) is 0.538. The van der Waals surface area contributed by atoms with E-state index < -0.39 is 0 Å². The first-order valence-corrected chi connectivity index (χ1v) is 6.43. The summed E-state index contributed by atoms with van der Waals surface area (Å²) in [5.41, 5.74) is 7.26. The molecule has 0 aliphatic rings. The Morgan fingerprint density at radius 2 is 2.00 bits per heavy atom. The molecule has 0 aliphatic heterocycles. The zero-order valence-electron chi connectivity index (χ0n) is 10.2. The first-order chi connectivity index (χ1) is 7.54. The van der Waals surface area contributed by atoms with Gasteiger partial charge in [-0.15, -0.1) is 0 Å². The minimum absolute atomic E-state index is 0.0606. The number of methoxy groups -OCH3 is 1. The molecule has 0 aliphatic carbocycles. The Morgan fingerprint density at radius 1 is 1.31 bits per heavy atom. The number of benzene rings is 1. The summed E-state index contributed by atoms with van der Waals surface area (Å²) in [6, 6.07) is 6.07. The highest BCUT2D eigenvalue weighted by molar-refractivity contribution is 9.10. The Balaban J connectivity index is 2.77. The van der Waals surface area contributed by atoms with E-state index in [0.29, 0.717) is 5.92 Å². The van der Waals surface area contributed by atoms with Gasteiger partial charge in [-0.05, 0) is 30.9 Å². The van der Waals surface area contributed by atoms with Gasteiger partial charge in [-0.1, -0.05) is 35.8 Å². The minimum atomic E-state index is 0.0606. The average molecular weight is 286 g/mol. The van der Waals surface area contributed by atoms with Gasteiger partial charge in [0.25, 0.3) is 0 Å². The molecular formula is C13H20BrNO. The maximum absolute atomic E-state index is 6.17. The lowest BCUT2D eigenvalue weighted by Crippen LogP contribution is -2.12. The molecule has 0 bridgehead atoms. The summed E-state index contributed by atoms with van der Waals surface area (Å²) in [4.78, 5) is 0. The third kappa shape index (κ3) is 3.80. The van der Waals surface area contributed by atoms with Gasteiger partial charge in [0.05, 0.1) is 7.11 Å². The third-order valence-electron chi connectivity index (χ3n) is 2.65. The lowest BCUT2D eigenvalue weighted by atomic mass is 9.98. The molecule has 1 aromatic rings. The summed E-state index contributed by atoms with van der Waals surface area (Å²) >= 11 is 3.43. The van der Waals surface area contributed by atoms with E-state index in [2.05, 4.69) is 29.8 Å². The van der Waals surface area contributed by atoms with E-state index in [1.807, 2.05) is 18.2 Å². The van der Waals surface area contributed by atoms with Crippen molar-refractivity contribution in [3.63, 3.8) is 0 Å².